The third kappa shape index (κ3) is 24.9. The molecule has 0 aliphatic heterocycles. The Morgan fingerprint density at radius 1 is 0.325 bits per heavy atom. The monoisotopic (exact) mass is 601 g/mol. The average Bonchev–Trinajstić information content (AvgIpc) is 2.92. The van der Waals surface area contributed by atoms with Gasteiger partial charge in [0, 0.05) is 6.61 Å². The van der Waals surface area contributed by atoms with Crippen LogP contribution in [0.3, 0.4) is 0 Å². The standard InChI is InChI=1S/C18H42OSi2.C18H38O/c1-7-13-20(14-8-2,15-9-3)19-21(16-10-4,17-11-5)18-12-6;1-2-3-4-5-6-7-8-9-10-11-12-13-14-15-16-17-18-19/h7-18H2,1-6H3;19H,2-18H2,1H3. The second-order valence-corrected chi connectivity index (χ2v) is 21.5. The zero-order valence-corrected chi connectivity index (χ0v) is 31.4. The lowest BCUT2D eigenvalue weighted by Gasteiger charge is -2.43. The van der Waals surface area contributed by atoms with Crippen molar-refractivity contribution in [1.82, 2.24) is 0 Å². The summed E-state index contributed by atoms with van der Waals surface area (Å²) in [5, 5.41) is 8.67. The topological polar surface area (TPSA) is 29.5 Å². The largest absolute Gasteiger partial charge is 0.455 e. The summed E-state index contributed by atoms with van der Waals surface area (Å²) >= 11 is 0. The van der Waals surface area contributed by atoms with Crippen molar-refractivity contribution in [2.24, 2.45) is 0 Å². The van der Waals surface area contributed by atoms with Crippen LogP contribution in [0, 0.1) is 0 Å². The molecule has 0 aliphatic rings. The molecule has 1 N–H and O–H groups in total. The Morgan fingerprint density at radius 2 is 0.550 bits per heavy atom. The van der Waals surface area contributed by atoms with Crippen molar-refractivity contribution >= 4 is 16.6 Å². The molecule has 0 amide bonds. The first-order chi connectivity index (χ1) is 19.5. The first kappa shape index (κ1) is 42.5. The minimum atomic E-state index is -1.48. The van der Waals surface area contributed by atoms with Gasteiger partial charge in [-0.3, -0.25) is 0 Å². The Hall–Kier alpha value is 0.354. The van der Waals surface area contributed by atoms with Crippen LogP contribution in [0.4, 0.5) is 0 Å². The lowest BCUT2D eigenvalue weighted by molar-refractivity contribution is 0.282. The molecule has 244 valence electrons. The van der Waals surface area contributed by atoms with Crippen LogP contribution in [0.25, 0.3) is 0 Å². The van der Waals surface area contributed by atoms with E-state index in [9.17, 15) is 0 Å². The van der Waals surface area contributed by atoms with E-state index >= 15 is 0 Å². The molecule has 2 nitrogen and oxygen atoms in total. The summed E-state index contributed by atoms with van der Waals surface area (Å²) in [6.07, 6.45) is 30.1. The molecular weight excluding hydrogens is 521 g/mol. The molecule has 0 aromatic carbocycles. The third-order valence-electron chi connectivity index (χ3n) is 8.68. The van der Waals surface area contributed by atoms with Crippen molar-refractivity contribution in [3.8, 4) is 0 Å². The minimum Gasteiger partial charge on any atom is -0.455 e. The molecule has 0 aromatic rings. The molecule has 4 heteroatoms. The van der Waals surface area contributed by atoms with Crippen LogP contribution in [0.5, 0.6) is 0 Å². The highest BCUT2D eigenvalue weighted by Crippen LogP contribution is 2.37. The van der Waals surface area contributed by atoms with E-state index in [1.807, 2.05) is 0 Å². The fourth-order valence-electron chi connectivity index (χ4n) is 6.91. The van der Waals surface area contributed by atoms with Gasteiger partial charge in [0.1, 0.15) is 0 Å². The number of aliphatic hydroxyl groups excluding tert-OH is 1. The van der Waals surface area contributed by atoms with Gasteiger partial charge in [-0.2, -0.15) is 0 Å². The van der Waals surface area contributed by atoms with Crippen molar-refractivity contribution < 1.29 is 9.22 Å². The molecule has 40 heavy (non-hydrogen) atoms. The van der Waals surface area contributed by atoms with Crippen molar-refractivity contribution in [2.75, 3.05) is 6.61 Å². The van der Waals surface area contributed by atoms with E-state index in [0.717, 1.165) is 6.42 Å². The zero-order chi connectivity index (χ0) is 30.2. The second-order valence-electron chi connectivity index (χ2n) is 13.0. The number of hydrogen-bond donors (Lipinski definition) is 1. The maximum Gasteiger partial charge on any atom is 0.179 e. The Balaban J connectivity index is 0. The minimum absolute atomic E-state index is 0.373. The number of unbranched alkanes of at least 4 members (excludes halogenated alkanes) is 15. The summed E-state index contributed by atoms with van der Waals surface area (Å²) < 4.78 is 7.35. The lowest BCUT2D eigenvalue weighted by atomic mass is 10.0. The molecule has 0 bridgehead atoms. The van der Waals surface area contributed by atoms with E-state index < -0.39 is 16.6 Å². The summed E-state index contributed by atoms with van der Waals surface area (Å²) in [5.74, 6) is 0. The number of aliphatic hydroxyl groups is 1. The van der Waals surface area contributed by atoms with Gasteiger partial charge in [-0.1, -0.05) is 183 Å². The normalized spacial score (nSPS) is 12.0. The first-order valence-electron chi connectivity index (χ1n) is 18.8. The van der Waals surface area contributed by atoms with E-state index in [1.165, 1.54) is 171 Å². The van der Waals surface area contributed by atoms with Gasteiger partial charge in [-0.25, -0.2) is 0 Å². The van der Waals surface area contributed by atoms with E-state index in [4.69, 9.17) is 9.22 Å². The van der Waals surface area contributed by atoms with Crippen LogP contribution in [-0.2, 0) is 4.12 Å². The Morgan fingerprint density at radius 3 is 0.750 bits per heavy atom. The van der Waals surface area contributed by atoms with Gasteiger partial charge < -0.3 is 9.22 Å². The molecule has 0 aromatic heterocycles. The zero-order valence-electron chi connectivity index (χ0n) is 29.4. The molecular formula is C36H80O2Si2. The van der Waals surface area contributed by atoms with E-state index in [1.54, 1.807) is 0 Å². The molecule has 0 unspecified atom stereocenters. The maximum atomic E-state index is 8.67. The molecule has 0 radical (unpaired) electrons. The molecule has 0 fully saturated rings. The van der Waals surface area contributed by atoms with Gasteiger partial charge >= 0.3 is 0 Å². The summed E-state index contributed by atoms with van der Waals surface area (Å²) in [5.41, 5.74) is 0. The molecule has 0 rings (SSSR count). The van der Waals surface area contributed by atoms with E-state index in [2.05, 4.69) is 48.5 Å². The SMILES string of the molecule is CCCCCCCCCCCCCCCCCCO.CCC[Si](CCC)(CCC)O[Si](CCC)(CCC)CCC. The molecule has 0 saturated heterocycles. The fraction of sp³-hybridized carbons (Fsp3) is 1.00. The third-order valence-corrected chi connectivity index (χ3v) is 20.6. The highest BCUT2D eigenvalue weighted by molar-refractivity contribution is 6.87. The quantitative estimate of drug-likeness (QED) is 0.0656. The Labute approximate surface area is 257 Å². The fourth-order valence-corrected chi connectivity index (χ4v) is 20.0. The number of rotatable bonds is 30. The molecule has 0 aliphatic carbocycles. The van der Waals surface area contributed by atoms with Crippen LogP contribution < -0.4 is 0 Å². The summed E-state index contributed by atoms with van der Waals surface area (Å²) in [6.45, 7) is 16.8. The molecule has 0 spiro atoms. The highest BCUT2D eigenvalue weighted by atomic mass is 28.4. The summed E-state index contributed by atoms with van der Waals surface area (Å²) in [7, 11) is -2.96. The van der Waals surface area contributed by atoms with E-state index in [-0.39, 0.29) is 0 Å². The molecule has 0 saturated carbocycles. The predicted octanol–water partition coefficient (Wildman–Crippen LogP) is 13.6. The van der Waals surface area contributed by atoms with Gasteiger partial charge in [0.15, 0.2) is 16.6 Å². The van der Waals surface area contributed by atoms with Crippen molar-refractivity contribution in [3.05, 3.63) is 0 Å². The van der Waals surface area contributed by atoms with Gasteiger partial charge in [-0.15, -0.1) is 0 Å². The average molecular weight is 601 g/mol. The summed E-state index contributed by atoms with van der Waals surface area (Å²) in [4.78, 5) is 0. The second kappa shape index (κ2) is 32.3. The van der Waals surface area contributed by atoms with Crippen LogP contribution in [0.1, 0.15) is 190 Å². The lowest BCUT2D eigenvalue weighted by Crippen LogP contribution is -2.51. The van der Waals surface area contributed by atoms with Crippen molar-refractivity contribution in [3.63, 3.8) is 0 Å². The van der Waals surface area contributed by atoms with Crippen LogP contribution in [0.2, 0.25) is 36.3 Å². The van der Waals surface area contributed by atoms with Crippen LogP contribution in [-0.4, -0.2) is 28.3 Å². The van der Waals surface area contributed by atoms with Gasteiger partial charge in [0.05, 0.1) is 0 Å². The van der Waals surface area contributed by atoms with Gasteiger partial charge in [-0.05, 0) is 42.7 Å². The smallest absolute Gasteiger partial charge is 0.179 e. The molecule has 0 heterocycles. The predicted molar refractivity (Wildman–Crippen MR) is 190 cm³/mol. The summed E-state index contributed by atoms with van der Waals surface area (Å²) in [6, 6.07) is 8.42. The van der Waals surface area contributed by atoms with Crippen molar-refractivity contribution in [1.29, 1.82) is 0 Å². The number of hydrogen-bond acceptors (Lipinski definition) is 2. The Kier molecular flexibility index (Phi) is 34.3. The van der Waals surface area contributed by atoms with Gasteiger partial charge in [0.25, 0.3) is 0 Å². The van der Waals surface area contributed by atoms with Crippen LogP contribution >= 0.6 is 0 Å². The van der Waals surface area contributed by atoms with Crippen LogP contribution in [0.15, 0.2) is 0 Å². The maximum absolute atomic E-state index is 8.67. The first-order valence-corrected chi connectivity index (χ1v) is 23.9. The Bertz CT molecular complexity index is 398. The highest BCUT2D eigenvalue weighted by Gasteiger charge is 2.42. The van der Waals surface area contributed by atoms with Crippen molar-refractivity contribution in [2.45, 2.75) is 226 Å². The molecule has 0 atom stereocenters. The van der Waals surface area contributed by atoms with E-state index in [0.29, 0.717) is 6.61 Å². The van der Waals surface area contributed by atoms with Gasteiger partial charge in [0.2, 0.25) is 0 Å².